The van der Waals surface area contributed by atoms with Crippen molar-refractivity contribution < 1.29 is 4.39 Å². The van der Waals surface area contributed by atoms with Crippen LogP contribution in [0.4, 0.5) is 4.39 Å². The number of fused-ring (bicyclic) bond motifs is 1. The van der Waals surface area contributed by atoms with Crippen molar-refractivity contribution in [1.82, 2.24) is 24.6 Å². The summed E-state index contributed by atoms with van der Waals surface area (Å²) >= 11 is 0. The zero-order valence-electron chi connectivity index (χ0n) is 14.1. The fourth-order valence-electron chi connectivity index (χ4n) is 3.68. The van der Waals surface area contributed by atoms with E-state index in [1.54, 1.807) is 6.07 Å². The van der Waals surface area contributed by atoms with Crippen LogP contribution in [0.15, 0.2) is 24.3 Å². The summed E-state index contributed by atoms with van der Waals surface area (Å²) in [6.45, 7) is 6.79. The second-order valence-corrected chi connectivity index (χ2v) is 6.70. The van der Waals surface area contributed by atoms with E-state index in [-0.39, 0.29) is 5.82 Å². The van der Waals surface area contributed by atoms with Crippen LogP contribution in [0.5, 0.6) is 0 Å². The third-order valence-corrected chi connectivity index (χ3v) is 4.85. The summed E-state index contributed by atoms with van der Waals surface area (Å²) in [5.41, 5.74) is 3.45. The van der Waals surface area contributed by atoms with Crippen molar-refractivity contribution in [3.63, 3.8) is 0 Å². The summed E-state index contributed by atoms with van der Waals surface area (Å²) < 4.78 is 15.9. The lowest BCUT2D eigenvalue weighted by Gasteiger charge is -2.23. The van der Waals surface area contributed by atoms with Crippen LogP contribution in [0.25, 0.3) is 11.0 Å². The zero-order valence-corrected chi connectivity index (χ0v) is 14.1. The van der Waals surface area contributed by atoms with Crippen molar-refractivity contribution in [1.29, 1.82) is 0 Å². The molecule has 0 radical (unpaired) electrons. The maximum Gasteiger partial charge on any atom is 0.151 e. The summed E-state index contributed by atoms with van der Waals surface area (Å²) in [5.74, 6) is 0.561. The first-order chi connectivity index (χ1) is 11.6. The standard InChI is InChI=1S/C18H22FN5/c1-12-9-13(2)24(22-12)10-14-5-4-8-23(14)11-17-20-16-7-3-6-15(19)18(16)21-17/h3,6-7,9,14H,4-5,8,10-11H2,1-2H3,(H,20,21)/t14-/m0/s1. The Morgan fingerprint density at radius 3 is 2.96 bits per heavy atom. The lowest BCUT2D eigenvalue weighted by atomic mass is 10.2. The minimum Gasteiger partial charge on any atom is -0.341 e. The fraction of sp³-hybridized carbons (Fsp3) is 0.444. The summed E-state index contributed by atoms with van der Waals surface area (Å²) in [4.78, 5) is 10.1. The van der Waals surface area contributed by atoms with Gasteiger partial charge in [0.05, 0.1) is 24.3 Å². The van der Waals surface area contributed by atoms with Crippen molar-refractivity contribution in [2.24, 2.45) is 0 Å². The summed E-state index contributed by atoms with van der Waals surface area (Å²) in [6.07, 6.45) is 2.34. The zero-order chi connectivity index (χ0) is 16.7. The number of aryl methyl sites for hydroxylation is 2. The molecule has 3 heterocycles. The van der Waals surface area contributed by atoms with E-state index in [1.807, 2.05) is 13.0 Å². The number of nitrogens with zero attached hydrogens (tertiary/aromatic N) is 4. The van der Waals surface area contributed by atoms with Crippen LogP contribution in [0.1, 0.15) is 30.1 Å². The van der Waals surface area contributed by atoms with Crippen LogP contribution in [0, 0.1) is 19.7 Å². The van der Waals surface area contributed by atoms with Gasteiger partial charge in [-0.1, -0.05) is 6.07 Å². The molecular formula is C18H22FN5. The number of halogens is 1. The van der Waals surface area contributed by atoms with Gasteiger partial charge in [0.15, 0.2) is 5.82 Å². The summed E-state index contributed by atoms with van der Waals surface area (Å²) in [6, 6.07) is 7.59. The third kappa shape index (κ3) is 2.82. The lowest BCUT2D eigenvalue weighted by molar-refractivity contribution is 0.214. The van der Waals surface area contributed by atoms with Gasteiger partial charge in [0.1, 0.15) is 11.3 Å². The van der Waals surface area contributed by atoms with E-state index in [9.17, 15) is 4.39 Å². The van der Waals surface area contributed by atoms with Gasteiger partial charge in [0.2, 0.25) is 0 Å². The molecule has 0 amide bonds. The number of benzene rings is 1. The van der Waals surface area contributed by atoms with Crippen molar-refractivity contribution in [3.05, 3.63) is 47.3 Å². The van der Waals surface area contributed by atoms with Gasteiger partial charge in [0, 0.05) is 11.7 Å². The smallest absolute Gasteiger partial charge is 0.151 e. The quantitative estimate of drug-likeness (QED) is 0.801. The Morgan fingerprint density at radius 1 is 1.33 bits per heavy atom. The first kappa shape index (κ1) is 15.3. The molecule has 3 aromatic rings. The number of likely N-dealkylation sites (tertiary alicyclic amines) is 1. The van der Waals surface area contributed by atoms with E-state index in [2.05, 4.69) is 37.6 Å². The average Bonchev–Trinajstić information content (AvgIpc) is 3.21. The number of hydrogen-bond acceptors (Lipinski definition) is 3. The van der Waals surface area contributed by atoms with E-state index in [0.717, 1.165) is 43.1 Å². The number of hydrogen-bond donors (Lipinski definition) is 1. The Kier molecular flexibility index (Phi) is 3.84. The Bertz CT molecular complexity index is 866. The van der Waals surface area contributed by atoms with Crippen LogP contribution in [-0.2, 0) is 13.1 Å². The monoisotopic (exact) mass is 327 g/mol. The summed E-state index contributed by atoms with van der Waals surface area (Å²) in [5, 5.41) is 4.58. The highest BCUT2D eigenvalue weighted by molar-refractivity contribution is 5.75. The van der Waals surface area contributed by atoms with Gasteiger partial charge >= 0.3 is 0 Å². The van der Waals surface area contributed by atoms with Gasteiger partial charge in [-0.2, -0.15) is 5.10 Å². The number of H-pyrrole nitrogens is 1. The van der Waals surface area contributed by atoms with Crippen molar-refractivity contribution in [2.75, 3.05) is 6.54 Å². The topological polar surface area (TPSA) is 49.7 Å². The van der Waals surface area contributed by atoms with Crippen LogP contribution >= 0.6 is 0 Å². The van der Waals surface area contributed by atoms with Gasteiger partial charge < -0.3 is 4.98 Å². The van der Waals surface area contributed by atoms with Crippen LogP contribution in [-0.4, -0.2) is 37.2 Å². The molecule has 126 valence electrons. The SMILES string of the molecule is Cc1cc(C)n(C[C@@H]2CCCN2Cc2nc3c(F)cccc3[nH]2)n1. The predicted molar refractivity (Wildman–Crippen MR) is 91.2 cm³/mol. The molecule has 0 aliphatic carbocycles. The molecule has 0 unspecified atom stereocenters. The number of aromatic nitrogens is 4. The molecule has 1 N–H and O–H groups in total. The number of imidazole rings is 1. The molecule has 0 saturated carbocycles. The molecule has 1 fully saturated rings. The molecule has 1 aliphatic rings. The van der Waals surface area contributed by atoms with Crippen molar-refractivity contribution in [2.45, 2.75) is 45.8 Å². The highest BCUT2D eigenvalue weighted by Crippen LogP contribution is 2.23. The largest absolute Gasteiger partial charge is 0.341 e. The fourth-order valence-corrected chi connectivity index (χ4v) is 3.68. The second-order valence-electron chi connectivity index (χ2n) is 6.70. The molecule has 5 nitrogen and oxygen atoms in total. The molecule has 4 rings (SSSR count). The minimum atomic E-state index is -0.268. The number of para-hydroxylation sites is 1. The van der Waals surface area contributed by atoms with Gasteiger partial charge in [-0.15, -0.1) is 0 Å². The predicted octanol–water partition coefficient (Wildman–Crippen LogP) is 3.18. The molecule has 1 aromatic carbocycles. The number of aromatic amines is 1. The van der Waals surface area contributed by atoms with Gasteiger partial charge in [-0.25, -0.2) is 9.37 Å². The first-order valence-electron chi connectivity index (χ1n) is 8.48. The Labute approximate surface area is 140 Å². The van der Waals surface area contributed by atoms with Crippen LogP contribution in [0.2, 0.25) is 0 Å². The Balaban J connectivity index is 1.52. The highest BCUT2D eigenvalue weighted by Gasteiger charge is 2.26. The lowest BCUT2D eigenvalue weighted by Crippen LogP contribution is -2.33. The first-order valence-corrected chi connectivity index (χ1v) is 8.48. The highest BCUT2D eigenvalue weighted by atomic mass is 19.1. The molecule has 1 atom stereocenters. The molecular weight excluding hydrogens is 305 g/mol. The maximum atomic E-state index is 13.8. The molecule has 24 heavy (non-hydrogen) atoms. The number of nitrogens with one attached hydrogen (secondary N) is 1. The van der Waals surface area contributed by atoms with Gasteiger partial charge in [-0.05, 0) is 51.4 Å². The van der Waals surface area contributed by atoms with Gasteiger partial charge in [0.25, 0.3) is 0 Å². The minimum absolute atomic E-state index is 0.268. The van der Waals surface area contributed by atoms with Crippen molar-refractivity contribution in [3.8, 4) is 0 Å². The average molecular weight is 327 g/mol. The Hall–Kier alpha value is -2.21. The van der Waals surface area contributed by atoms with E-state index in [1.165, 1.54) is 18.2 Å². The molecule has 1 aliphatic heterocycles. The molecule has 6 heteroatoms. The Morgan fingerprint density at radius 2 is 2.21 bits per heavy atom. The maximum absolute atomic E-state index is 13.8. The van der Waals surface area contributed by atoms with E-state index in [4.69, 9.17) is 0 Å². The van der Waals surface area contributed by atoms with Crippen LogP contribution < -0.4 is 0 Å². The van der Waals surface area contributed by atoms with Gasteiger partial charge in [-0.3, -0.25) is 9.58 Å². The van der Waals surface area contributed by atoms with Crippen molar-refractivity contribution >= 4 is 11.0 Å². The third-order valence-electron chi connectivity index (χ3n) is 4.85. The van der Waals surface area contributed by atoms with E-state index >= 15 is 0 Å². The molecule has 2 aromatic heterocycles. The van der Waals surface area contributed by atoms with Crippen LogP contribution in [0.3, 0.4) is 0 Å². The molecule has 1 saturated heterocycles. The normalized spacial score (nSPS) is 18.7. The number of rotatable bonds is 4. The molecule has 0 bridgehead atoms. The molecule has 0 spiro atoms. The van der Waals surface area contributed by atoms with E-state index < -0.39 is 0 Å². The summed E-state index contributed by atoms with van der Waals surface area (Å²) in [7, 11) is 0. The second kappa shape index (κ2) is 6.02. The van der Waals surface area contributed by atoms with E-state index in [0.29, 0.717) is 11.6 Å².